The van der Waals surface area contributed by atoms with Gasteiger partial charge in [0.05, 0.1) is 0 Å². The van der Waals surface area contributed by atoms with Crippen LogP contribution in [0.4, 0.5) is 0 Å². The van der Waals surface area contributed by atoms with Gasteiger partial charge in [0.1, 0.15) is 9.67 Å². The summed E-state index contributed by atoms with van der Waals surface area (Å²) in [6, 6.07) is 19.1. The summed E-state index contributed by atoms with van der Waals surface area (Å²) in [5.74, 6) is 0. The average Bonchev–Trinajstić information content (AvgIpc) is 2.41. The molecule has 0 aliphatic rings. The molecule has 2 aromatic carbocycles. The van der Waals surface area contributed by atoms with Crippen molar-refractivity contribution < 1.29 is 0 Å². The summed E-state index contributed by atoms with van der Waals surface area (Å²) < 4.78 is 0. The van der Waals surface area contributed by atoms with E-state index in [0.717, 1.165) is 11.1 Å². The standard InChI is InChI=1S/2C7H6Cl2/c2*8-7(9)6-4-2-1-3-5-6/h2*1-5,7H. The van der Waals surface area contributed by atoms with Crippen molar-refractivity contribution >= 4 is 46.4 Å². The highest BCUT2D eigenvalue weighted by atomic mass is 35.5. The Balaban J connectivity index is 0.000000180. The highest BCUT2D eigenvalue weighted by Crippen LogP contribution is 2.23. The van der Waals surface area contributed by atoms with Crippen LogP contribution in [0.25, 0.3) is 0 Å². The molecule has 0 saturated heterocycles. The van der Waals surface area contributed by atoms with E-state index in [4.69, 9.17) is 46.4 Å². The van der Waals surface area contributed by atoms with Gasteiger partial charge in [0.2, 0.25) is 0 Å². The first-order chi connectivity index (χ1) is 8.61. The zero-order valence-corrected chi connectivity index (χ0v) is 12.5. The number of hydrogen-bond donors (Lipinski definition) is 0. The maximum absolute atomic E-state index is 5.57. The van der Waals surface area contributed by atoms with Crippen molar-refractivity contribution in [1.82, 2.24) is 0 Å². The fraction of sp³-hybridized carbons (Fsp3) is 0.143. The fourth-order valence-electron chi connectivity index (χ4n) is 1.20. The Hall–Kier alpha value is -0.400. The summed E-state index contributed by atoms with van der Waals surface area (Å²) in [7, 11) is 0. The number of halogens is 4. The van der Waals surface area contributed by atoms with Gasteiger partial charge in [0.15, 0.2) is 0 Å². The van der Waals surface area contributed by atoms with Crippen LogP contribution in [0.3, 0.4) is 0 Å². The first kappa shape index (κ1) is 15.7. The molecule has 0 unspecified atom stereocenters. The van der Waals surface area contributed by atoms with Gasteiger partial charge in [-0.1, -0.05) is 60.7 Å². The predicted octanol–water partition coefficient (Wildman–Crippen LogP) is 6.33. The molecule has 0 radical (unpaired) electrons. The lowest BCUT2D eigenvalue weighted by molar-refractivity contribution is 1.35. The maximum Gasteiger partial charge on any atom is 0.132 e. The Labute approximate surface area is 127 Å². The van der Waals surface area contributed by atoms with Gasteiger partial charge in [-0.15, -0.1) is 46.4 Å². The lowest BCUT2D eigenvalue weighted by Gasteiger charge is -1.97. The van der Waals surface area contributed by atoms with Gasteiger partial charge in [0, 0.05) is 0 Å². The second-order valence-electron chi connectivity index (χ2n) is 3.42. The Bertz CT molecular complexity index is 383. The van der Waals surface area contributed by atoms with Crippen molar-refractivity contribution in [2.45, 2.75) is 9.67 Å². The third kappa shape index (κ3) is 5.97. The van der Waals surface area contributed by atoms with Crippen molar-refractivity contribution in [3.05, 3.63) is 71.8 Å². The molecule has 0 amide bonds. The van der Waals surface area contributed by atoms with E-state index in [9.17, 15) is 0 Å². The smallest absolute Gasteiger partial charge is 0.100 e. The molecule has 0 spiro atoms. The van der Waals surface area contributed by atoms with Crippen molar-refractivity contribution in [3.63, 3.8) is 0 Å². The molecule has 2 rings (SSSR count). The number of alkyl halides is 4. The van der Waals surface area contributed by atoms with Crippen LogP contribution in [0.2, 0.25) is 0 Å². The van der Waals surface area contributed by atoms with Crippen LogP contribution in [0.5, 0.6) is 0 Å². The van der Waals surface area contributed by atoms with Gasteiger partial charge < -0.3 is 0 Å². The molecule has 0 fully saturated rings. The van der Waals surface area contributed by atoms with Crippen molar-refractivity contribution in [1.29, 1.82) is 0 Å². The van der Waals surface area contributed by atoms with E-state index in [0.29, 0.717) is 0 Å². The van der Waals surface area contributed by atoms with Crippen LogP contribution in [-0.4, -0.2) is 0 Å². The summed E-state index contributed by atoms with van der Waals surface area (Å²) in [6.07, 6.45) is 0. The lowest BCUT2D eigenvalue weighted by Crippen LogP contribution is -1.76. The molecule has 0 aromatic heterocycles. The van der Waals surface area contributed by atoms with Crippen LogP contribution in [0.15, 0.2) is 60.7 Å². The van der Waals surface area contributed by atoms with Crippen LogP contribution >= 0.6 is 46.4 Å². The normalized spacial score (nSPS) is 10.1. The molecule has 0 bridgehead atoms. The highest BCUT2D eigenvalue weighted by Gasteiger charge is 1.99. The Kier molecular flexibility index (Phi) is 7.53. The average molecular weight is 322 g/mol. The van der Waals surface area contributed by atoms with E-state index in [1.165, 1.54) is 0 Å². The van der Waals surface area contributed by atoms with E-state index in [-0.39, 0.29) is 0 Å². The molecule has 0 atom stereocenters. The quantitative estimate of drug-likeness (QED) is 0.567. The number of hydrogen-bond acceptors (Lipinski definition) is 0. The minimum atomic E-state index is -0.397. The summed E-state index contributed by atoms with van der Waals surface area (Å²) >= 11 is 22.3. The van der Waals surface area contributed by atoms with Crippen LogP contribution in [0, 0.1) is 0 Å². The lowest BCUT2D eigenvalue weighted by atomic mass is 10.2. The maximum atomic E-state index is 5.57. The monoisotopic (exact) mass is 320 g/mol. The first-order valence-electron chi connectivity index (χ1n) is 5.27. The van der Waals surface area contributed by atoms with Gasteiger partial charge in [-0.2, -0.15) is 0 Å². The predicted molar refractivity (Wildman–Crippen MR) is 81.8 cm³/mol. The van der Waals surface area contributed by atoms with E-state index in [1.807, 2.05) is 60.7 Å². The molecule has 96 valence electrons. The van der Waals surface area contributed by atoms with Crippen LogP contribution in [0.1, 0.15) is 20.8 Å². The van der Waals surface area contributed by atoms with Gasteiger partial charge in [0.25, 0.3) is 0 Å². The highest BCUT2D eigenvalue weighted by molar-refractivity contribution is 6.44. The first-order valence-corrected chi connectivity index (χ1v) is 7.02. The zero-order valence-electron chi connectivity index (χ0n) is 9.44. The third-order valence-corrected chi connectivity index (χ3v) is 3.11. The second-order valence-corrected chi connectivity index (χ2v) is 5.62. The van der Waals surface area contributed by atoms with E-state index in [2.05, 4.69) is 0 Å². The fourth-order valence-corrected chi connectivity index (χ4v) is 1.78. The minimum Gasteiger partial charge on any atom is -0.100 e. The van der Waals surface area contributed by atoms with Gasteiger partial charge in [-0.05, 0) is 11.1 Å². The largest absolute Gasteiger partial charge is 0.132 e. The van der Waals surface area contributed by atoms with Crippen molar-refractivity contribution in [3.8, 4) is 0 Å². The van der Waals surface area contributed by atoms with Crippen LogP contribution < -0.4 is 0 Å². The molecule has 4 heteroatoms. The van der Waals surface area contributed by atoms with Crippen molar-refractivity contribution in [2.75, 3.05) is 0 Å². The Morgan fingerprint density at radius 1 is 0.500 bits per heavy atom. The number of rotatable bonds is 2. The molecule has 0 aliphatic heterocycles. The van der Waals surface area contributed by atoms with Crippen molar-refractivity contribution in [2.24, 2.45) is 0 Å². The van der Waals surface area contributed by atoms with Gasteiger partial charge >= 0.3 is 0 Å². The SMILES string of the molecule is ClC(Cl)c1ccccc1.ClC(Cl)c1ccccc1. The summed E-state index contributed by atoms with van der Waals surface area (Å²) in [5, 5.41) is 0. The second kappa shape index (κ2) is 8.66. The Morgan fingerprint density at radius 3 is 0.944 bits per heavy atom. The van der Waals surface area contributed by atoms with Gasteiger partial charge in [-0.25, -0.2) is 0 Å². The summed E-state index contributed by atoms with van der Waals surface area (Å²) in [6.45, 7) is 0. The zero-order chi connectivity index (χ0) is 13.4. The minimum absolute atomic E-state index is 0.397. The van der Waals surface area contributed by atoms with Crippen LogP contribution in [-0.2, 0) is 0 Å². The summed E-state index contributed by atoms with van der Waals surface area (Å²) in [4.78, 5) is -0.794. The molecule has 0 heterocycles. The topological polar surface area (TPSA) is 0 Å². The van der Waals surface area contributed by atoms with Gasteiger partial charge in [-0.3, -0.25) is 0 Å². The molecule has 0 saturated carbocycles. The molecular formula is C14H12Cl4. The Morgan fingerprint density at radius 2 is 0.778 bits per heavy atom. The van der Waals surface area contributed by atoms with E-state index in [1.54, 1.807) is 0 Å². The molecule has 2 aromatic rings. The van der Waals surface area contributed by atoms with E-state index >= 15 is 0 Å². The summed E-state index contributed by atoms with van der Waals surface area (Å²) in [5.41, 5.74) is 1.89. The molecular weight excluding hydrogens is 310 g/mol. The molecule has 18 heavy (non-hydrogen) atoms. The molecule has 0 N–H and O–H groups in total. The molecule has 0 aliphatic carbocycles. The third-order valence-electron chi connectivity index (χ3n) is 2.10. The molecule has 0 nitrogen and oxygen atoms in total. The van der Waals surface area contributed by atoms with E-state index < -0.39 is 9.67 Å². The number of benzene rings is 2.